The molecular weight excluding hydrogens is 636 g/mol. The maximum Gasteiger partial charge on any atom is 1.00 e. The third-order valence-electron chi connectivity index (χ3n) is 6.23. The van der Waals surface area contributed by atoms with Gasteiger partial charge in [-0.2, -0.15) is 0 Å². The number of rotatable bonds is 3. The van der Waals surface area contributed by atoms with Crippen LogP contribution in [0.2, 0.25) is 0 Å². The van der Waals surface area contributed by atoms with Crippen molar-refractivity contribution in [3.8, 4) is 11.1 Å². The zero-order chi connectivity index (χ0) is 29.6. The SMILES string of the molecule is Cc1cc(-c2cc(C)c(N)cc2S(=O)(=O)[O-])c(S(=O)(=O)[O-])cc1N.Cl.Nc1ccc2cc3ccc(N)cc3nc2c1.[Na+].[Na+]. The molecule has 0 radical (unpaired) electrons. The number of nitrogens with two attached hydrogens (primary N) is 4. The molecule has 0 amide bonds. The van der Waals surface area contributed by atoms with Crippen molar-refractivity contribution < 1.29 is 85.1 Å². The van der Waals surface area contributed by atoms with Gasteiger partial charge in [0.1, 0.15) is 20.2 Å². The summed E-state index contributed by atoms with van der Waals surface area (Å²) < 4.78 is 69.2. The van der Waals surface area contributed by atoms with Gasteiger partial charge in [-0.05, 0) is 79.6 Å². The molecule has 5 aromatic rings. The number of halogens is 1. The summed E-state index contributed by atoms with van der Waals surface area (Å²) in [6.07, 6.45) is 0. The first-order chi connectivity index (χ1) is 18.5. The molecule has 8 N–H and O–H groups in total. The summed E-state index contributed by atoms with van der Waals surface area (Å²) in [5.41, 5.74) is 26.5. The summed E-state index contributed by atoms with van der Waals surface area (Å²) in [6, 6.07) is 18.0. The Hall–Kier alpha value is -2.14. The molecular formula is C27H26ClN5Na2O6S2. The summed E-state index contributed by atoms with van der Waals surface area (Å²) >= 11 is 0. The molecule has 1 aromatic heterocycles. The molecule has 0 atom stereocenters. The smallest absolute Gasteiger partial charge is 0.744 e. The molecule has 0 unspecified atom stereocenters. The first-order valence-electron chi connectivity index (χ1n) is 11.6. The van der Waals surface area contributed by atoms with Crippen molar-refractivity contribution in [3.63, 3.8) is 0 Å². The van der Waals surface area contributed by atoms with Crippen LogP contribution in [-0.2, 0) is 20.2 Å². The standard InChI is InChI=1S/C14H16N2O6S2.C13H11N3.ClH.2Na/c1-7-3-9(13(5-11(7)15)23(17,18)19)10-4-8(2)12(16)6-14(10)24(20,21)22;14-10-3-1-8-5-9-2-4-11(15)7-13(9)16-12(8)6-10;;;/h3-6H,15-16H2,1-2H3,(H,17,18,19)(H,20,21,22);1-7H,14-15H2;1H;;/q;;;2*+1/p-2. The second kappa shape index (κ2) is 14.8. The molecule has 43 heavy (non-hydrogen) atoms. The average molecular weight is 662 g/mol. The number of nitrogen functional groups attached to an aromatic ring is 4. The second-order valence-corrected chi connectivity index (χ2v) is 11.9. The van der Waals surface area contributed by atoms with Gasteiger partial charge in [0.05, 0.1) is 20.8 Å². The fraction of sp³-hybridized carbons (Fsp3) is 0.0741. The van der Waals surface area contributed by atoms with E-state index in [1.165, 1.54) is 12.1 Å². The number of benzene rings is 4. The van der Waals surface area contributed by atoms with Gasteiger partial charge in [-0.3, -0.25) is 0 Å². The van der Waals surface area contributed by atoms with E-state index in [2.05, 4.69) is 11.1 Å². The van der Waals surface area contributed by atoms with Crippen LogP contribution >= 0.6 is 12.4 Å². The van der Waals surface area contributed by atoms with Gasteiger partial charge in [-0.25, -0.2) is 21.8 Å². The molecule has 1 heterocycles. The van der Waals surface area contributed by atoms with Gasteiger partial charge in [-0.1, -0.05) is 12.1 Å². The van der Waals surface area contributed by atoms with E-state index in [1.54, 1.807) is 13.8 Å². The minimum absolute atomic E-state index is 0. The van der Waals surface area contributed by atoms with Gasteiger partial charge in [-0.15, -0.1) is 12.4 Å². The van der Waals surface area contributed by atoms with Crippen LogP contribution in [0.5, 0.6) is 0 Å². The number of hydrogen-bond donors (Lipinski definition) is 4. The van der Waals surface area contributed by atoms with Crippen molar-refractivity contribution in [3.05, 3.63) is 77.9 Å². The van der Waals surface area contributed by atoms with Crippen LogP contribution in [-0.4, -0.2) is 30.9 Å². The quantitative estimate of drug-likeness (QED) is 0.0709. The molecule has 0 saturated carbocycles. The molecule has 4 aromatic carbocycles. The van der Waals surface area contributed by atoms with E-state index in [0.29, 0.717) is 11.1 Å². The zero-order valence-corrected chi connectivity index (χ0v) is 30.2. The number of hydrogen-bond acceptors (Lipinski definition) is 11. The van der Waals surface area contributed by atoms with Gasteiger partial charge in [0.15, 0.2) is 0 Å². The minimum atomic E-state index is -4.96. The third kappa shape index (κ3) is 8.96. The first-order valence-corrected chi connectivity index (χ1v) is 14.4. The third-order valence-corrected chi connectivity index (χ3v) is 7.98. The van der Waals surface area contributed by atoms with E-state index in [9.17, 15) is 25.9 Å². The van der Waals surface area contributed by atoms with E-state index < -0.39 is 30.0 Å². The summed E-state index contributed by atoms with van der Waals surface area (Å²) in [5, 5.41) is 2.18. The molecule has 0 saturated heterocycles. The van der Waals surface area contributed by atoms with E-state index in [1.807, 2.05) is 36.4 Å². The molecule has 0 spiro atoms. The van der Waals surface area contributed by atoms with E-state index >= 15 is 0 Å². The largest absolute Gasteiger partial charge is 1.00 e. The second-order valence-electron chi connectivity index (χ2n) is 9.21. The average Bonchev–Trinajstić information content (AvgIpc) is 2.84. The van der Waals surface area contributed by atoms with Gasteiger partial charge >= 0.3 is 59.1 Å². The Kier molecular flexibility index (Phi) is 13.3. The van der Waals surface area contributed by atoms with E-state index in [0.717, 1.165) is 45.3 Å². The Balaban J connectivity index is 0.000000426. The van der Waals surface area contributed by atoms with Crippen LogP contribution in [0.4, 0.5) is 22.7 Å². The molecule has 0 fully saturated rings. The molecule has 216 valence electrons. The molecule has 0 aliphatic carbocycles. The van der Waals surface area contributed by atoms with Crippen molar-refractivity contribution in [2.24, 2.45) is 0 Å². The van der Waals surface area contributed by atoms with Crippen molar-refractivity contribution in [1.29, 1.82) is 0 Å². The van der Waals surface area contributed by atoms with Gasteiger partial charge in [0.25, 0.3) is 0 Å². The van der Waals surface area contributed by atoms with E-state index in [4.69, 9.17) is 22.9 Å². The van der Waals surface area contributed by atoms with Gasteiger partial charge < -0.3 is 32.0 Å². The molecule has 5 rings (SSSR count). The Morgan fingerprint density at radius 1 is 0.581 bits per heavy atom. The predicted molar refractivity (Wildman–Crippen MR) is 161 cm³/mol. The Morgan fingerprint density at radius 2 is 0.930 bits per heavy atom. The fourth-order valence-corrected chi connectivity index (χ4v) is 5.52. The summed E-state index contributed by atoms with van der Waals surface area (Å²) in [7, 11) is -9.93. The van der Waals surface area contributed by atoms with Crippen molar-refractivity contribution in [2.75, 3.05) is 22.9 Å². The summed E-state index contributed by atoms with van der Waals surface area (Å²) in [5.74, 6) is 0. The zero-order valence-electron chi connectivity index (χ0n) is 23.8. The number of aryl methyl sites for hydroxylation is 2. The van der Waals surface area contributed by atoms with Crippen LogP contribution in [0.25, 0.3) is 32.9 Å². The van der Waals surface area contributed by atoms with Crippen molar-refractivity contribution >= 4 is 77.2 Å². The van der Waals surface area contributed by atoms with Crippen LogP contribution < -0.4 is 82.0 Å². The van der Waals surface area contributed by atoms with Crippen LogP contribution in [0.3, 0.4) is 0 Å². The monoisotopic (exact) mass is 661 g/mol. The summed E-state index contributed by atoms with van der Waals surface area (Å²) in [6.45, 7) is 3.10. The molecule has 0 bridgehead atoms. The molecule has 0 aliphatic heterocycles. The Morgan fingerprint density at radius 3 is 1.26 bits per heavy atom. The molecule has 16 heteroatoms. The van der Waals surface area contributed by atoms with Crippen LogP contribution in [0.15, 0.2) is 76.5 Å². The Bertz CT molecular complexity index is 1900. The normalized spacial score (nSPS) is 11.0. The Labute approximate surface area is 299 Å². The fourth-order valence-electron chi connectivity index (χ4n) is 4.10. The van der Waals surface area contributed by atoms with Gasteiger partial charge in [0, 0.05) is 44.6 Å². The van der Waals surface area contributed by atoms with Gasteiger partial charge in [0.2, 0.25) is 0 Å². The number of fused-ring (bicyclic) bond motifs is 2. The van der Waals surface area contributed by atoms with Crippen LogP contribution in [0, 0.1) is 13.8 Å². The maximum atomic E-state index is 11.5. The molecule has 11 nitrogen and oxygen atoms in total. The molecule has 0 aliphatic rings. The van der Waals surface area contributed by atoms with Crippen LogP contribution in [0.1, 0.15) is 11.1 Å². The van der Waals surface area contributed by atoms with E-state index in [-0.39, 0.29) is 94.0 Å². The first kappa shape index (κ1) is 38.9. The number of aromatic nitrogens is 1. The van der Waals surface area contributed by atoms with Crippen molar-refractivity contribution in [1.82, 2.24) is 4.98 Å². The number of anilines is 4. The van der Waals surface area contributed by atoms with Crippen molar-refractivity contribution in [2.45, 2.75) is 23.6 Å². The predicted octanol–water partition coefficient (Wildman–Crippen LogP) is -2.07. The summed E-state index contributed by atoms with van der Waals surface area (Å²) in [4.78, 5) is 3.12. The minimum Gasteiger partial charge on any atom is -0.744 e. The number of pyridine rings is 1. The number of nitrogens with zero attached hydrogens (tertiary/aromatic N) is 1. The topological polar surface area (TPSA) is 231 Å². The maximum absolute atomic E-state index is 11.5.